The van der Waals surface area contributed by atoms with Crippen molar-refractivity contribution in [3.05, 3.63) is 48.5 Å². The van der Waals surface area contributed by atoms with Crippen molar-refractivity contribution in [2.24, 2.45) is 0 Å². The van der Waals surface area contributed by atoms with Crippen LogP contribution in [0.15, 0.2) is 43.0 Å². The van der Waals surface area contributed by atoms with E-state index in [9.17, 15) is 33.9 Å². The smallest absolute Gasteiger partial charge is 0.387 e. The van der Waals surface area contributed by atoms with Crippen LogP contribution in [0.1, 0.15) is 37.5 Å². The van der Waals surface area contributed by atoms with E-state index in [2.05, 4.69) is 29.9 Å². The average Bonchev–Trinajstić information content (AvgIpc) is 3.64. The van der Waals surface area contributed by atoms with Gasteiger partial charge in [0.1, 0.15) is 24.6 Å². The second-order valence-corrected chi connectivity index (χ2v) is 13.2. The molecule has 6 atom stereocenters. The number of amides is 2. The molecule has 1 aromatic carbocycles. The minimum absolute atomic E-state index is 0.0837. The number of imidazole rings is 1. The number of rotatable bonds is 10. The van der Waals surface area contributed by atoms with E-state index in [0.717, 1.165) is 25.7 Å². The van der Waals surface area contributed by atoms with Crippen LogP contribution in [0.2, 0.25) is 0 Å². The standard InChI is InChI=1S/C23H30N6O10P2/c30-18-16(10-37-41(35,36)39-40(33,34)11-14-6-2-1-3-7-14)38-22(19(18)31)29-13-26-17-20(24-12-25-21(17)29)28-23(32)27-15-8-4-5-9-15/h1-3,6-7,12-13,15-16,18-19,22,30-31H,4-5,8-11H2,(H,33,34)(H,35,36)(H2,24,25,27,28,32)/t16-,18?,19+,22-/m1/s1. The van der Waals surface area contributed by atoms with Gasteiger partial charge in [0.05, 0.1) is 19.1 Å². The third kappa shape index (κ3) is 7.17. The Bertz CT molecular complexity index is 1470. The van der Waals surface area contributed by atoms with Gasteiger partial charge in [-0.2, -0.15) is 0 Å². The minimum atomic E-state index is -5.07. The highest BCUT2D eigenvalue weighted by molar-refractivity contribution is 7.63. The van der Waals surface area contributed by atoms with Crippen molar-refractivity contribution < 1.29 is 47.5 Å². The highest BCUT2D eigenvalue weighted by Gasteiger charge is 2.46. The number of hydrogen-bond acceptors (Lipinski definition) is 11. The summed E-state index contributed by atoms with van der Waals surface area (Å²) in [6.07, 6.45) is 0.119. The van der Waals surface area contributed by atoms with E-state index < -0.39 is 58.8 Å². The number of phosphoric ester groups is 1. The Balaban J connectivity index is 1.22. The number of ether oxygens (including phenoxy) is 1. The van der Waals surface area contributed by atoms with E-state index in [4.69, 9.17) is 9.26 Å². The summed E-state index contributed by atoms with van der Waals surface area (Å²) in [5.41, 5.74) is 0.778. The lowest BCUT2D eigenvalue weighted by Crippen LogP contribution is -2.36. The lowest BCUT2D eigenvalue weighted by molar-refractivity contribution is -0.0501. The minimum Gasteiger partial charge on any atom is -0.387 e. The first-order chi connectivity index (χ1) is 19.5. The molecule has 41 heavy (non-hydrogen) atoms. The largest absolute Gasteiger partial charge is 0.479 e. The van der Waals surface area contributed by atoms with Crippen LogP contribution < -0.4 is 10.6 Å². The summed E-state index contributed by atoms with van der Waals surface area (Å²) < 4.78 is 41.1. The molecular weight excluding hydrogens is 582 g/mol. The molecule has 6 N–H and O–H groups in total. The van der Waals surface area contributed by atoms with Gasteiger partial charge in [0.25, 0.3) is 0 Å². The highest BCUT2D eigenvalue weighted by Crippen LogP contribution is 2.61. The molecule has 2 amide bonds. The van der Waals surface area contributed by atoms with E-state index in [1.165, 1.54) is 17.2 Å². The number of anilines is 1. The number of aliphatic hydroxyl groups excluding tert-OH is 2. The molecule has 0 bridgehead atoms. The van der Waals surface area contributed by atoms with E-state index in [-0.39, 0.29) is 23.0 Å². The van der Waals surface area contributed by atoms with Crippen molar-refractivity contribution in [1.82, 2.24) is 24.8 Å². The van der Waals surface area contributed by atoms with Crippen molar-refractivity contribution >= 4 is 38.4 Å². The Morgan fingerprint density at radius 3 is 2.54 bits per heavy atom. The van der Waals surface area contributed by atoms with Gasteiger partial charge in [-0.05, 0) is 18.4 Å². The fraction of sp³-hybridized carbons (Fsp3) is 0.478. The molecular formula is C23H30N6O10P2. The summed E-state index contributed by atoms with van der Waals surface area (Å²) in [6, 6.07) is 7.71. The second kappa shape index (κ2) is 12.2. The summed E-state index contributed by atoms with van der Waals surface area (Å²) in [4.78, 5) is 45.0. The summed E-state index contributed by atoms with van der Waals surface area (Å²) >= 11 is 0. The van der Waals surface area contributed by atoms with Gasteiger partial charge in [-0.3, -0.25) is 19.0 Å². The zero-order valence-electron chi connectivity index (χ0n) is 21.6. The number of nitrogens with zero attached hydrogens (tertiary/aromatic N) is 4. The first-order valence-electron chi connectivity index (χ1n) is 12.8. The second-order valence-electron chi connectivity index (χ2n) is 9.80. The molecule has 222 valence electrons. The monoisotopic (exact) mass is 612 g/mol. The van der Waals surface area contributed by atoms with Crippen LogP contribution in [-0.4, -0.2) is 76.5 Å². The lowest BCUT2D eigenvalue weighted by Gasteiger charge is -2.19. The molecule has 1 aliphatic carbocycles. The average molecular weight is 612 g/mol. The number of phosphoric acid groups is 1. The summed E-state index contributed by atoms with van der Waals surface area (Å²) in [7, 11) is -9.65. The summed E-state index contributed by atoms with van der Waals surface area (Å²) in [6.45, 7) is -0.760. The first kappa shape index (κ1) is 29.7. The van der Waals surface area contributed by atoms with Crippen LogP contribution in [-0.2, 0) is 28.9 Å². The molecule has 1 saturated heterocycles. The predicted octanol–water partition coefficient (Wildman–Crippen LogP) is 2.03. The van der Waals surface area contributed by atoms with Crippen molar-refractivity contribution in [2.75, 3.05) is 11.9 Å². The molecule has 5 rings (SSSR count). The molecule has 3 unspecified atom stereocenters. The van der Waals surface area contributed by atoms with Crippen LogP contribution in [0, 0.1) is 0 Å². The van der Waals surface area contributed by atoms with Gasteiger partial charge >= 0.3 is 21.4 Å². The van der Waals surface area contributed by atoms with E-state index in [0.29, 0.717) is 5.56 Å². The molecule has 3 heterocycles. The van der Waals surface area contributed by atoms with Crippen molar-refractivity contribution in [1.29, 1.82) is 0 Å². The fourth-order valence-electron chi connectivity index (χ4n) is 4.82. The van der Waals surface area contributed by atoms with Crippen LogP contribution in [0.5, 0.6) is 0 Å². The maximum Gasteiger partial charge on any atom is 0.479 e. The van der Waals surface area contributed by atoms with Crippen LogP contribution in [0.3, 0.4) is 0 Å². The number of nitrogens with one attached hydrogen (secondary N) is 2. The maximum atomic E-state index is 12.4. The van der Waals surface area contributed by atoms with Crippen molar-refractivity contribution in [2.45, 2.75) is 62.4 Å². The zero-order valence-corrected chi connectivity index (χ0v) is 23.4. The number of fused-ring (bicyclic) bond motifs is 1. The van der Waals surface area contributed by atoms with Gasteiger partial charge < -0.3 is 30.1 Å². The fourth-order valence-corrected chi connectivity index (χ4v) is 7.54. The van der Waals surface area contributed by atoms with Crippen LogP contribution in [0.4, 0.5) is 10.6 Å². The number of urea groups is 1. The highest BCUT2D eigenvalue weighted by atomic mass is 31.3. The van der Waals surface area contributed by atoms with Crippen LogP contribution >= 0.6 is 15.4 Å². The zero-order chi connectivity index (χ0) is 29.2. The number of hydrogen-bond donors (Lipinski definition) is 6. The molecule has 2 fully saturated rings. The summed E-state index contributed by atoms with van der Waals surface area (Å²) in [5.74, 6) is 0.125. The van der Waals surface area contributed by atoms with Gasteiger partial charge in [0, 0.05) is 6.04 Å². The molecule has 1 aliphatic heterocycles. The van der Waals surface area contributed by atoms with Crippen molar-refractivity contribution in [3.63, 3.8) is 0 Å². The van der Waals surface area contributed by atoms with E-state index >= 15 is 0 Å². The Kier molecular flexibility index (Phi) is 8.85. The number of aliphatic hydroxyl groups is 2. The first-order valence-corrected chi connectivity index (χ1v) is 16.1. The predicted molar refractivity (Wildman–Crippen MR) is 142 cm³/mol. The number of carbonyl (C=O) groups excluding carboxylic acids is 1. The van der Waals surface area contributed by atoms with Crippen LogP contribution in [0.25, 0.3) is 11.2 Å². The molecule has 1 saturated carbocycles. The number of aromatic nitrogens is 4. The molecule has 18 heteroatoms. The Labute approximate surface area is 233 Å². The third-order valence-corrected chi connectivity index (χ3v) is 9.84. The Morgan fingerprint density at radius 2 is 1.80 bits per heavy atom. The molecule has 3 aromatic rings. The van der Waals surface area contributed by atoms with Gasteiger partial charge in [0.15, 0.2) is 23.2 Å². The summed E-state index contributed by atoms with van der Waals surface area (Å²) in [5, 5.41) is 26.7. The quantitative estimate of drug-likeness (QED) is 0.180. The molecule has 0 spiro atoms. The Morgan fingerprint density at radius 1 is 1.07 bits per heavy atom. The normalized spacial score (nSPS) is 26.0. The Hall–Kier alpha value is -2.78. The van der Waals surface area contributed by atoms with Crippen molar-refractivity contribution in [3.8, 4) is 0 Å². The molecule has 2 aliphatic rings. The molecule has 0 radical (unpaired) electrons. The van der Waals surface area contributed by atoms with Gasteiger partial charge in [-0.15, -0.1) is 0 Å². The molecule has 16 nitrogen and oxygen atoms in total. The number of carbonyl (C=O) groups is 1. The van der Waals surface area contributed by atoms with E-state index in [1.54, 1.807) is 30.3 Å². The maximum absolute atomic E-state index is 12.4. The lowest BCUT2D eigenvalue weighted by atomic mass is 10.1. The molecule has 2 aromatic heterocycles. The van der Waals surface area contributed by atoms with E-state index in [1.807, 2.05) is 0 Å². The van der Waals surface area contributed by atoms with Gasteiger partial charge in [-0.25, -0.2) is 28.6 Å². The number of benzene rings is 1. The van der Waals surface area contributed by atoms with Gasteiger partial charge in [-0.1, -0.05) is 43.2 Å². The topological polar surface area (TPSA) is 227 Å². The SMILES string of the molecule is O=C(Nc1ncnc2c1ncn2[C@@H]1O[C@H](COP(=O)(O)OP(=O)(O)Cc2ccccc2)C(O)[C@@H]1O)NC1CCCC1. The van der Waals surface area contributed by atoms with Gasteiger partial charge in [0.2, 0.25) is 0 Å². The third-order valence-electron chi connectivity index (χ3n) is 6.75.